The van der Waals surface area contributed by atoms with E-state index in [4.69, 9.17) is 11.6 Å². The molecule has 0 saturated carbocycles. The number of halogens is 4. The Hall–Kier alpha value is -2.55. The molecule has 156 valence electrons. The summed E-state index contributed by atoms with van der Waals surface area (Å²) >= 11 is 5.92. The highest BCUT2D eigenvalue weighted by atomic mass is 35.5. The molecule has 1 aliphatic rings. The Morgan fingerprint density at radius 3 is 2.20 bits per heavy atom. The summed E-state index contributed by atoms with van der Waals surface area (Å²) in [5.74, 6) is 0. The number of nitrogens with zero attached hydrogens (tertiary/aromatic N) is 1. The van der Waals surface area contributed by atoms with Gasteiger partial charge in [-0.15, -0.1) is 0 Å². The van der Waals surface area contributed by atoms with Crippen LogP contribution in [0.25, 0.3) is 0 Å². The number of nitrogens with one attached hydrogen (secondary N) is 1. The highest BCUT2D eigenvalue weighted by Gasteiger charge is 2.39. The molecule has 0 aromatic heterocycles. The zero-order valence-corrected chi connectivity index (χ0v) is 17.0. The lowest BCUT2D eigenvalue weighted by Gasteiger charge is -2.37. The molecule has 1 aliphatic heterocycles. The van der Waals surface area contributed by atoms with E-state index < -0.39 is 27.9 Å². The number of fused-ring (bicyclic) bond motifs is 1. The van der Waals surface area contributed by atoms with Crippen molar-refractivity contribution in [1.82, 2.24) is 4.31 Å². The monoisotopic (exact) mass is 452 g/mol. The predicted molar refractivity (Wildman–Crippen MR) is 108 cm³/mol. The Balaban J connectivity index is 1.78. The van der Waals surface area contributed by atoms with Crippen LogP contribution in [0.3, 0.4) is 0 Å². The number of hydrogen-bond acceptors (Lipinski definition) is 3. The Labute approximate surface area is 177 Å². The first-order valence-electron chi connectivity index (χ1n) is 8.95. The van der Waals surface area contributed by atoms with Crippen LogP contribution in [0.4, 0.5) is 18.9 Å². The van der Waals surface area contributed by atoms with Gasteiger partial charge in [0.15, 0.2) is 0 Å². The summed E-state index contributed by atoms with van der Waals surface area (Å²) in [4.78, 5) is 0.113. The zero-order valence-electron chi connectivity index (χ0n) is 15.4. The summed E-state index contributed by atoms with van der Waals surface area (Å²) in [7, 11) is -3.91. The maximum atomic E-state index is 13.4. The van der Waals surface area contributed by atoms with Crippen molar-refractivity contribution in [1.29, 1.82) is 0 Å². The number of benzene rings is 3. The van der Waals surface area contributed by atoms with Crippen molar-refractivity contribution in [2.75, 3.05) is 5.32 Å². The zero-order chi connectivity index (χ0) is 21.5. The van der Waals surface area contributed by atoms with Crippen LogP contribution < -0.4 is 5.32 Å². The molecular weight excluding hydrogens is 437 g/mol. The second-order valence-corrected chi connectivity index (χ2v) is 9.13. The predicted octanol–water partition coefficient (Wildman–Crippen LogP) is 5.67. The van der Waals surface area contributed by atoms with Gasteiger partial charge in [0.25, 0.3) is 0 Å². The molecule has 0 unspecified atom stereocenters. The van der Waals surface area contributed by atoms with Gasteiger partial charge in [-0.3, -0.25) is 0 Å². The Bertz CT molecular complexity index is 1160. The highest BCUT2D eigenvalue weighted by molar-refractivity contribution is 7.89. The van der Waals surface area contributed by atoms with Crippen LogP contribution in [0, 0.1) is 0 Å². The lowest BCUT2D eigenvalue weighted by molar-refractivity contribution is -0.137. The van der Waals surface area contributed by atoms with Gasteiger partial charge in [-0.25, -0.2) is 8.42 Å². The standard InChI is InChI=1S/C21H16ClF3N2O2S/c22-17-11-5-14(6-12-17)13-27-20(15-7-9-16(10-8-15)21(23,24)25)26-18-3-1-2-4-19(18)30(27,28)29/h1-12,20,26H,13H2/t20-/m1/s1. The fraction of sp³-hybridized carbons (Fsp3) is 0.143. The van der Waals surface area contributed by atoms with Crippen molar-refractivity contribution in [3.63, 3.8) is 0 Å². The molecule has 1 heterocycles. The summed E-state index contributed by atoms with van der Waals surface area (Å²) in [6.45, 7) is 0.0204. The molecule has 0 saturated heterocycles. The lowest BCUT2D eigenvalue weighted by atomic mass is 10.1. The minimum Gasteiger partial charge on any atom is -0.364 e. The third-order valence-corrected chi connectivity index (χ3v) is 6.98. The molecule has 3 aromatic carbocycles. The van der Waals surface area contributed by atoms with E-state index in [0.717, 1.165) is 12.1 Å². The van der Waals surface area contributed by atoms with Crippen molar-refractivity contribution < 1.29 is 21.6 Å². The van der Waals surface area contributed by atoms with Crippen molar-refractivity contribution >= 4 is 27.3 Å². The van der Waals surface area contributed by atoms with Crippen molar-refractivity contribution in [2.24, 2.45) is 0 Å². The van der Waals surface area contributed by atoms with Crippen molar-refractivity contribution in [2.45, 2.75) is 23.8 Å². The summed E-state index contributed by atoms with van der Waals surface area (Å²) in [6, 6.07) is 17.7. The molecule has 0 bridgehead atoms. The molecular formula is C21H16ClF3N2O2S. The number of para-hydroxylation sites is 1. The van der Waals surface area contributed by atoms with Crippen LogP contribution in [-0.4, -0.2) is 12.7 Å². The Kier molecular flexibility index (Phi) is 5.25. The van der Waals surface area contributed by atoms with Gasteiger partial charge in [0.05, 0.1) is 11.3 Å². The van der Waals surface area contributed by atoms with Crippen LogP contribution in [0.5, 0.6) is 0 Å². The molecule has 0 aliphatic carbocycles. The molecule has 1 N–H and O–H groups in total. The maximum absolute atomic E-state index is 13.4. The van der Waals surface area contributed by atoms with Gasteiger partial charge in [0.1, 0.15) is 11.1 Å². The second kappa shape index (κ2) is 7.61. The summed E-state index contributed by atoms with van der Waals surface area (Å²) in [5.41, 5.74) is 0.695. The Morgan fingerprint density at radius 1 is 0.933 bits per heavy atom. The van der Waals surface area contributed by atoms with Gasteiger partial charge >= 0.3 is 6.18 Å². The smallest absolute Gasteiger partial charge is 0.364 e. The average molecular weight is 453 g/mol. The first-order valence-corrected chi connectivity index (χ1v) is 10.8. The molecule has 3 aromatic rings. The first-order chi connectivity index (χ1) is 14.2. The number of hydrogen-bond donors (Lipinski definition) is 1. The van der Waals surface area contributed by atoms with Gasteiger partial charge in [-0.2, -0.15) is 17.5 Å². The summed E-state index contributed by atoms with van der Waals surface area (Å²) in [6.07, 6.45) is -5.34. The summed E-state index contributed by atoms with van der Waals surface area (Å²) in [5, 5.41) is 3.66. The SMILES string of the molecule is O=S1(=O)c2ccccc2N[C@@H](c2ccc(C(F)(F)F)cc2)N1Cc1ccc(Cl)cc1. The highest BCUT2D eigenvalue weighted by Crippen LogP contribution is 2.40. The molecule has 0 amide bonds. The van der Waals surface area contributed by atoms with Gasteiger partial charge in [-0.05, 0) is 47.5 Å². The first kappa shape index (κ1) is 20.7. The van der Waals surface area contributed by atoms with Crippen LogP contribution in [-0.2, 0) is 22.7 Å². The van der Waals surface area contributed by atoms with Gasteiger partial charge in [0.2, 0.25) is 10.0 Å². The molecule has 30 heavy (non-hydrogen) atoms. The van der Waals surface area contributed by atoms with Crippen LogP contribution in [0.2, 0.25) is 5.02 Å². The average Bonchev–Trinajstić information content (AvgIpc) is 2.71. The van der Waals surface area contributed by atoms with Crippen LogP contribution in [0.15, 0.2) is 77.7 Å². The molecule has 1 atom stereocenters. The molecule has 4 nitrogen and oxygen atoms in total. The summed E-state index contributed by atoms with van der Waals surface area (Å²) < 4.78 is 66.8. The molecule has 4 rings (SSSR count). The fourth-order valence-electron chi connectivity index (χ4n) is 3.35. The fourth-order valence-corrected chi connectivity index (χ4v) is 5.15. The van der Waals surface area contributed by atoms with Crippen LogP contribution >= 0.6 is 11.6 Å². The van der Waals surface area contributed by atoms with Gasteiger partial charge < -0.3 is 5.32 Å². The molecule has 0 radical (unpaired) electrons. The third-order valence-electron chi connectivity index (χ3n) is 4.86. The normalized spacial score (nSPS) is 18.5. The third kappa shape index (κ3) is 3.90. The molecule has 9 heteroatoms. The number of anilines is 1. The Morgan fingerprint density at radius 2 is 1.57 bits per heavy atom. The van der Waals surface area contributed by atoms with Crippen molar-refractivity contribution in [3.8, 4) is 0 Å². The van der Waals surface area contributed by atoms with Gasteiger partial charge in [-0.1, -0.05) is 48.0 Å². The number of alkyl halides is 3. The maximum Gasteiger partial charge on any atom is 0.416 e. The van der Waals surface area contributed by atoms with Crippen molar-refractivity contribution in [3.05, 3.63) is 94.5 Å². The molecule has 0 spiro atoms. The van der Waals surface area contributed by atoms with E-state index in [1.807, 2.05) is 0 Å². The van der Waals surface area contributed by atoms with E-state index in [1.165, 1.54) is 22.5 Å². The quantitative estimate of drug-likeness (QED) is 0.556. The van der Waals surface area contributed by atoms with E-state index in [1.54, 1.807) is 42.5 Å². The second-order valence-electron chi connectivity index (χ2n) is 6.84. The van der Waals surface area contributed by atoms with E-state index in [2.05, 4.69) is 5.32 Å². The van der Waals surface area contributed by atoms with Gasteiger partial charge in [0, 0.05) is 11.6 Å². The number of rotatable bonds is 3. The minimum absolute atomic E-state index is 0.0204. The van der Waals surface area contributed by atoms with E-state index in [9.17, 15) is 21.6 Å². The van der Waals surface area contributed by atoms with Crippen LogP contribution in [0.1, 0.15) is 22.9 Å². The minimum atomic E-state index is -4.47. The molecule has 0 fully saturated rings. The topological polar surface area (TPSA) is 49.4 Å². The largest absolute Gasteiger partial charge is 0.416 e. The lowest BCUT2D eigenvalue weighted by Crippen LogP contribution is -2.42. The van der Waals surface area contributed by atoms with E-state index in [0.29, 0.717) is 21.8 Å². The van der Waals surface area contributed by atoms with E-state index in [-0.39, 0.29) is 11.4 Å². The number of sulfonamides is 1. The van der Waals surface area contributed by atoms with E-state index >= 15 is 0 Å².